The molecule has 2 aromatic heterocycles. The van der Waals surface area contributed by atoms with Crippen LogP contribution in [0.3, 0.4) is 0 Å². The summed E-state index contributed by atoms with van der Waals surface area (Å²) < 4.78 is 32.3. The molecule has 156 valence electrons. The van der Waals surface area contributed by atoms with E-state index >= 15 is 0 Å². The van der Waals surface area contributed by atoms with Crippen LogP contribution in [-0.2, 0) is 5.54 Å². The van der Waals surface area contributed by atoms with Gasteiger partial charge in [-0.1, -0.05) is 0 Å². The maximum Gasteiger partial charge on any atom is 0.282 e. The number of anilines is 1. The maximum absolute atomic E-state index is 13.3. The molecule has 1 saturated heterocycles. The molecule has 0 spiro atoms. The Hall–Kier alpha value is -2.36. The van der Waals surface area contributed by atoms with Gasteiger partial charge in [-0.15, -0.1) is 11.3 Å². The van der Waals surface area contributed by atoms with E-state index in [2.05, 4.69) is 20.3 Å². The lowest BCUT2D eigenvalue weighted by molar-refractivity contribution is -0.0270. The number of rotatable bonds is 7. The number of alkyl halides is 2. The topological polar surface area (TPSA) is 80.2 Å². The zero-order chi connectivity index (χ0) is 20.8. The van der Waals surface area contributed by atoms with Gasteiger partial charge >= 0.3 is 0 Å². The first-order valence-electron chi connectivity index (χ1n) is 9.51. The normalized spacial score (nSPS) is 18.3. The van der Waals surface area contributed by atoms with Crippen LogP contribution in [0.15, 0.2) is 12.4 Å². The third kappa shape index (κ3) is 4.47. The number of nitrogens with zero attached hydrogens (tertiary/aromatic N) is 4. The van der Waals surface area contributed by atoms with Gasteiger partial charge in [-0.3, -0.25) is 4.79 Å². The van der Waals surface area contributed by atoms with Crippen LogP contribution < -0.4 is 15.0 Å². The van der Waals surface area contributed by atoms with Crippen LogP contribution in [0.4, 0.5) is 14.6 Å². The summed E-state index contributed by atoms with van der Waals surface area (Å²) in [6.07, 6.45) is 5.21. The molecule has 10 heteroatoms. The zero-order valence-electron chi connectivity index (χ0n) is 16.5. The summed E-state index contributed by atoms with van der Waals surface area (Å²) in [5.74, 6) is -2.33. The van der Waals surface area contributed by atoms with Crippen molar-refractivity contribution in [1.29, 1.82) is 0 Å². The Kier molecular flexibility index (Phi) is 4.92. The molecule has 0 radical (unpaired) electrons. The van der Waals surface area contributed by atoms with Crippen molar-refractivity contribution in [3.8, 4) is 5.88 Å². The average Bonchev–Trinajstić information content (AvgIpc) is 3.35. The smallest absolute Gasteiger partial charge is 0.282 e. The van der Waals surface area contributed by atoms with E-state index in [1.54, 1.807) is 6.20 Å². The molecule has 2 aliphatic rings. The van der Waals surface area contributed by atoms with Gasteiger partial charge in [0, 0.05) is 11.1 Å². The van der Waals surface area contributed by atoms with E-state index in [4.69, 9.17) is 4.74 Å². The Balaban J connectivity index is 1.53. The number of aromatic nitrogens is 3. The number of hydrogen-bond donors (Lipinski definition) is 1. The molecule has 0 unspecified atom stereocenters. The summed E-state index contributed by atoms with van der Waals surface area (Å²) in [5.41, 5.74) is -0.613. The molecule has 1 amide bonds. The SMILES string of the molecule is Cc1cnc(C(C)(C)NC(=O)c2cnc(N3CC(F)(F)C3)c(OCC3CC3)n2)s1. The van der Waals surface area contributed by atoms with Gasteiger partial charge in [0.2, 0.25) is 0 Å². The molecule has 0 aromatic carbocycles. The first kappa shape index (κ1) is 19.9. The molecule has 29 heavy (non-hydrogen) atoms. The van der Waals surface area contributed by atoms with E-state index < -0.39 is 30.5 Å². The molecule has 3 heterocycles. The number of amides is 1. The number of hydrogen-bond acceptors (Lipinski definition) is 7. The van der Waals surface area contributed by atoms with Gasteiger partial charge < -0.3 is 15.0 Å². The van der Waals surface area contributed by atoms with Crippen molar-refractivity contribution >= 4 is 23.1 Å². The fourth-order valence-corrected chi connectivity index (χ4v) is 3.80. The Labute approximate surface area is 171 Å². The Morgan fingerprint density at radius 1 is 1.34 bits per heavy atom. The van der Waals surface area contributed by atoms with Gasteiger partial charge in [-0.05, 0) is 39.5 Å². The summed E-state index contributed by atoms with van der Waals surface area (Å²) >= 11 is 1.51. The Bertz CT molecular complexity index is 921. The highest BCUT2D eigenvalue weighted by Gasteiger charge is 2.46. The van der Waals surface area contributed by atoms with Gasteiger partial charge in [0.15, 0.2) is 11.5 Å². The highest BCUT2D eigenvalue weighted by molar-refractivity contribution is 7.11. The van der Waals surface area contributed by atoms with Crippen LogP contribution in [-0.4, -0.2) is 46.5 Å². The molecule has 2 aromatic rings. The first-order valence-corrected chi connectivity index (χ1v) is 10.3. The van der Waals surface area contributed by atoms with Crippen molar-refractivity contribution in [3.63, 3.8) is 0 Å². The number of ether oxygens (including phenoxy) is 1. The fraction of sp³-hybridized carbons (Fsp3) is 0.579. The van der Waals surface area contributed by atoms with Crippen LogP contribution in [0.1, 0.15) is 47.1 Å². The average molecular weight is 423 g/mol. The third-order valence-corrected chi connectivity index (χ3v) is 6.07. The van der Waals surface area contributed by atoms with Crippen molar-refractivity contribution < 1.29 is 18.3 Å². The quantitative estimate of drug-likeness (QED) is 0.737. The molecule has 1 saturated carbocycles. The number of halogens is 2. The summed E-state index contributed by atoms with van der Waals surface area (Å²) in [6, 6.07) is 0. The molecule has 7 nitrogen and oxygen atoms in total. The number of carbonyl (C=O) groups excluding carboxylic acids is 1. The second kappa shape index (κ2) is 7.16. The highest BCUT2D eigenvalue weighted by atomic mass is 32.1. The Morgan fingerprint density at radius 2 is 2.07 bits per heavy atom. The molecule has 0 bridgehead atoms. The van der Waals surface area contributed by atoms with Crippen molar-refractivity contribution in [2.45, 2.75) is 45.1 Å². The third-order valence-electron chi connectivity index (χ3n) is 4.83. The van der Waals surface area contributed by atoms with E-state index in [0.717, 1.165) is 22.7 Å². The van der Waals surface area contributed by atoms with Gasteiger partial charge in [0.05, 0.1) is 31.4 Å². The van der Waals surface area contributed by atoms with E-state index in [9.17, 15) is 13.6 Å². The lowest BCUT2D eigenvalue weighted by atomic mass is 10.1. The van der Waals surface area contributed by atoms with Crippen molar-refractivity contribution in [1.82, 2.24) is 20.3 Å². The number of aryl methyl sites for hydroxylation is 1. The minimum absolute atomic E-state index is 0.0770. The van der Waals surface area contributed by atoms with Gasteiger partial charge in [-0.2, -0.15) is 0 Å². The fourth-order valence-electron chi connectivity index (χ4n) is 2.98. The maximum atomic E-state index is 13.3. The van der Waals surface area contributed by atoms with E-state index in [1.165, 1.54) is 22.4 Å². The van der Waals surface area contributed by atoms with Crippen LogP contribution >= 0.6 is 11.3 Å². The zero-order valence-corrected chi connectivity index (χ0v) is 17.4. The second-order valence-electron chi connectivity index (χ2n) is 8.21. The van der Waals surface area contributed by atoms with E-state index in [1.807, 2.05) is 20.8 Å². The van der Waals surface area contributed by atoms with E-state index in [-0.39, 0.29) is 17.4 Å². The highest BCUT2D eigenvalue weighted by Crippen LogP contribution is 2.36. The lowest BCUT2D eigenvalue weighted by Crippen LogP contribution is -2.56. The number of thiazole rings is 1. The molecule has 0 atom stereocenters. The van der Waals surface area contributed by atoms with Crippen molar-refractivity contribution in [2.24, 2.45) is 5.92 Å². The molecule has 2 fully saturated rings. The molecule has 4 rings (SSSR count). The van der Waals surface area contributed by atoms with Gasteiger partial charge in [-0.25, -0.2) is 23.7 Å². The second-order valence-corrected chi connectivity index (χ2v) is 9.44. The van der Waals surface area contributed by atoms with Gasteiger partial charge in [0.1, 0.15) is 5.01 Å². The van der Waals surface area contributed by atoms with Gasteiger partial charge in [0.25, 0.3) is 17.7 Å². The summed E-state index contributed by atoms with van der Waals surface area (Å²) in [6.45, 7) is 5.26. The summed E-state index contributed by atoms with van der Waals surface area (Å²) in [5, 5.41) is 3.69. The van der Waals surface area contributed by atoms with E-state index in [0.29, 0.717) is 12.5 Å². The molecule has 1 aliphatic carbocycles. The molecular formula is C19H23F2N5O2S. The van der Waals surface area contributed by atoms with Crippen LogP contribution in [0, 0.1) is 12.8 Å². The Morgan fingerprint density at radius 3 is 2.66 bits per heavy atom. The van der Waals surface area contributed by atoms with Crippen LogP contribution in [0.5, 0.6) is 5.88 Å². The molecule has 1 aliphatic heterocycles. The van der Waals surface area contributed by atoms with Crippen molar-refractivity contribution in [3.05, 3.63) is 28.0 Å². The molecule has 1 N–H and O–H groups in total. The monoisotopic (exact) mass is 423 g/mol. The number of carbonyl (C=O) groups is 1. The number of nitrogens with one attached hydrogen (secondary N) is 1. The van der Waals surface area contributed by atoms with Crippen molar-refractivity contribution in [2.75, 3.05) is 24.6 Å². The van der Waals surface area contributed by atoms with Crippen LogP contribution in [0.2, 0.25) is 0 Å². The lowest BCUT2D eigenvalue weighted by Gasteiger charge is -2.39. The minimum Gasteiger partial charge on any atom is -0.475 e. The first-order chi connectivity index (χ1) is 13.6. The standard InChI is InChI=1S/C19H23F2N5O2S/c1-11-6-23-17(29-11)18(2,3)25-15(27)13-7-22-14(26-9-19(20,21)10-26)16(24-13)28-8-12-4-5-12/h6-7,12H,4-5,8-10H2,1-3H3,(H,25,27). The largest absolute Gasteiger partial charge is 0.475 e. The minimum atomic E-state index is -2.73. The predicted octanol–water partition coefficient (Wildman–Crippen LogP) is 3.15. The van der Waals surface area contributed by atoms with Crippen LogP contribution in [0.25, 0.3) is 0 Å². The molecular weight excluding hydrogens is 400 g/mol. The summed E-state index contributed by atoms with van der Waals surface area (Å²) in [4.78, 5) is 28.1. The summed E-state index contributed by atoms with van der Waals surface area (Å²) in [7, 11) is 0. The predicted molar refractivity (Wildman–Crippen MR) is 105 cm³/mol.